The molecule has 0 aromatic heterocycles. The third-order valence-corrected chi connectivity index (χ3v) is 3.82. The van der Waals surface area contributed by atoms with Crippen LogP contribution in [0.15, 0.2) is 24.3 Å². The van der Waals surface area contributed by atoms with Gasteiger partial charge >= 0.3 is 0 Å². The monoisotopic (exact) mass is 321 g/mol. The van der Waals surface area contributed by atoms with Crippen LogP contribution in [0.25, 0.3) is 0 Å². The van der Waals surface area contributed by atoms with Crippen molar-refractivity contribution in [2.75, 3.05) is 53.0 Å². The molecule has 128 valence electrons. The van der Waals surface area contributed by atoms with E-state index in [4.69, 9.17) is 9.47 Å². The second-order valence-corrected chi connectivity index (χ2v) is 5.54. The molecule has 1 aromatic rings. The average molecular weight is 321 g/mol. The van der Waals surface area contributed by atoms with E-state index in [9.17, 15) is 4.79 Å². The lowest BCUT2D eigenvalue weighted by Gasteiger charge is -2.26. The van der Waals surface area contributed by atoms with E-state index < -0.39 is 0 Å². The number of ether oxygens (including phenoxy) is 2. The summed E-state index contributed by atoms with van der Waals surface area (Å²) in [6.45, 7) is 6.25. The first-order valence-electron chi connectivity index (χ1n) is 8.21. The molecule has 6 nitrogen and oxygen atoms in total. The lowest BCUT2D eigenvalue weighted by atomic mass is 10.2. The molecular formula is C17H27N3O3. The summed E-state index contributed by atoms with van der Waals surface area (Å²) in [5.74, 6) is 0.886. The summed E-state index contributed by atoms with van der Waals surface area (Å²) in [6, 6.07) is 7.86. The highest BCUT2D eigenvalue weighted by Gasteiger charge is 2.10. The Kier molecular flexibility index (Phi) is 7.86. The quantitative estimate of drug-likeness (QED) is 0.698. The van der Waals surface area contributed by atoms with Crippen molar-refractivity contribution < 1.29 is 14.3 Å². The number of nitrogens with zero attached hydrogens (tertiary/aromatic N) is 1. The van der Waals surface area contributed by atoms with Gasteiger partial charge in [-0.1, -0.05) is 18.2 Å². The normalized spacial score (nSPS) is 15.3. The Bertz CT molecular complexity index is 476. The van der Waals surface area contributed by atoms with E-state index in [0.29, 0.717) is 26.1 Å². The van der Waals surface area contributed by atoms with Crippen LogP contribution in [0.4, 0.5) is 0 Å². The van der Waals surface area contributed by atoms with Crippen molar-refractivity contribution in [3.05, 3.63) is 29.8 Å². The number of benzene rings is 1. The summed E-state index contributed by atoms with van der Waals surface area (Å²) in [7, 11) is 1.84. The topological polar surface area (TPSA) is 62.8 Å². The van der Waals surface area contributed by atoms with E-state index in [1.165, 1.54) is 0 Å². The number of hydrogen-bond acceptors (Lipinski definition) is 5. The molecule has 0 saturated carbocycles. The van der Waals surface area contributed by atoms with Crippen LogP contribution in [0.5, 0.6) is 5.75 Å². The highest BCUT2D eigenvalue weighted by atomic mass is 16.5. The highest BCUT2D eigenvalue weighted by molar-refractivity contribution is 5.76. The van der Waals surface area contributed by atoms with Gasteiger partial charge in [0.05, 0.1) is 13.2 Å². The summed E-state index contributed by atoms with van der Waals surface area (Å²) in [4.78, 5) is 14.0. The first-order valence-corrected chi connectivity index (χ1v) is 8.21. The number of para-hydroxylation sites is 1. The highest BCUT2D eigenvalue weighted by Crippen LogP contribution is 2.17. The fraction of sp³-hybridized carbons (Fsp3) is 0.588. The zero-order valence-electron chi connectivity index (χ0n) is 13.8. The molecule has 1 heterocycles. The maximum absolute atomic E-state index is 11.7. The van der Waals surface area contributed by atoms with Crippen molar-refractivity contribution in [2.45, 2.75) is 13.0 Å². The lowest BCUT2D eigenvalue weighted by molar-refractivity contribution is -0.121. The first kappa shape index (κ1) is 17.7. The van der Waals surface area contributed by atoms with E-state index in [2.05, 4.69) is 15.5 Å². The standard InChI is InChI=1S/C17H27N3O3/c1-18-7-6-17(21)19-14-15-4-2-3-5-16(15)23-13-10-20-8-11-22-12-9-20/h2-5,18H,6-14H2,1H3,(H,19,21). The minimum Gasteiger partial charge on any atom is -0.492 e. The van der Waals surface area contributed by atoms with Crippen LogP contribution < -0.4 is 15.4 Å². The van der Waals surface area contributed by atoms with Gasteiger partial charge in [-0.2, -0.15) is 0 Å². The van der Waals surface area contributed by atoms with Crippen LogP contribution in [-0.2, 0) is 16.1 Å². The Balaban J connectivity index is 1.76. The number of morpholine rings is 1. The Hall–Kier alpha value is -1.63. The van der Waals surface area contributed by atoms with Crippen molar-refractivity contribution in [1.29, 1.82) is 0 Å². The number of amides is 1. The summed E-state index contributed by atoms with van der Waals surface area (Å²) in [5.41, 5.74) is 1.01. The lowest BCUT2D eigenvalue weighted by Crippen LogP contribution is -2.38. The van der Waals surface area contributed by atoms with Crippen molar-refractivity contribution in [1.82, 2.24) is 15.5 Å². The van der Waals surface area contributed by atoms with Gasteiger partial charge in [0.2, 0.25) is 5.91 Å². The molecule has 6 heteroatoms. The molecule has 0 radical (unpaired) electrons. The molecule has 1 aliphatic rings. The molecule has 0 bridgehead atoms. The Morgan fingerprint density at radius 3 is 2.87 bits per heavy atom. The average Bonchev–Trinajstić information content (AvgIpc) is 2.60. The number of carbonyl (C=O) groups is 1. The number of rotatable bonds is 9. The molecule has 0 spiro atoms. The minimum absolute atomic E-state index is 0.0440. The maximum Gasteiger partial charge on any atom is 0.221 e. The van der Waals surface area contributed by atoms with Gasteiger partial charge in [-0.15, -0.1) is 0 Å². The van der Waals surface area contributed by atoms with E-state index in [1.54, 1.807) is 0 Å². The van der Waals surface area contributed by atoms with Crippen molar-refractivity contribution in [2.24, 2.45) is 0 Å². The van der Waals surface area contributed by atoms with E-state index in [0.717, 1.165) is 44.2 Å². The summed E-state index contributed by atoms with van der Waals surface area (Å²) >= 11 is 0. The number of carbonyl (C=O) groups excluding carboxylic acids is 1. The maximum atomic E-state index is 11.7. The summed E-state index contributed by atoms with van der Waals surface area (Å²) in [5, 5.41) is 5.90. The molecule has 23 heavy (non-hydrogen) atoms. The molecule has 0 atom stereocenters. The second-order valence-electron chi connectivity index (χ2n) is 5.54. The largest absolute Gasteiger partial charge is 0.492 e. The predicted octanol–water partition coefficient (Wildman–Crippen LogP) is 0.623. The molecule has 1 saturated heterocycles. The van der Waals surface area contributed by atoms with Gasteiger partial charge in [0.25, 0.3) is 0 Å². The Morgan fingerprint density at radius 2 is 2.09 bits per heavy atom. The van der Waals surface area contributed by atoms with Crippen LogP contribution in [0.1, 0.15) is 12.0 Å². The van der Waals surface area contributed by atoms with Crippen LogP contribution >= 0.6 is 0 Å². The van der Waals surface area contributed by atoms with Gasteiger partial charge in [0.15, 0.2) is 0 Å². The van der Waals surface area contributed by atoms with E-state index in [-0.39, 0.29) is 5.91 Å². The Morgan fingerprint density at radius 1 is 1.30 bits per heavy atom. The zero-order valence-corrected chi connectivity index (χ0v) is 13.8. The fourth-order valence-corrected chi connectivity index (χ4v) is 2.42. The van der Waals surface area contributed by atoms with Crippen LogP contribution in [-0.4, -0.2) is 63.9 Å². The molecule has 2 rings (SSSR count). The van der Waals surface area contributed by atoms with Crippen molar-refractivity contribution in [3.8, 4) is 5.75 Å². The molecule has 1 fully saturated rings. The van der Waals surface area contributed by atoms with Gasteiger partial charge in [-0.25, -0.2) is 0 Å². The van der Waals surface area contributed by atoms with Crippen molar-refractivity contribution >= 4 is 5.91 Å². The van der Waals surface area contributed by atoms with Gasteiger partial charge in [0, 0.05) is 44.7 Å². The zero-order chi connectivity index (χ0) is 16.3. The van der Waals surface area contributed by atoms with Crippen LogP contribution in [0, 0.1) is 0 Å². The van der Waals surface area contributed by atoms with Crippen LogP contribution in [0.2, 0.25) is 0 Å². The third kappa shape index (κ3) is 6.56. The minimum atomic E-state index is 0.0440. The third-order valence-electron chi connectivity index (χ3n) is 3.82. The molecular weight excluding hydrogens is 294 g/mol. The SMILES string of the molecule is CNCCC(=O)NCc1ccccc1OCCN1CCOCC1. The summed E-state index contributed by atoms with van der Waals surface area (Å²) in [6.07, 6.45) is 0.483. The van der Waals surface area contributed by atoms with Gasteiger partial charge in [-0.05, 0) is 13.1 Å². The van der Waals surface area contributed by atoms with Crippen LogP contribution in [0.3, 0.4) is 0 Å². The first-order chi connectivity index (χ1) is 11.3. The second kappa shape index (κ2) is 10.2. The van der Waals surface area contributed by atoms with E-state index >= 15 is 0 Å². The molecule has 1 amide bonds. The van der Waals surface area contributed by atoms with Gasteiger partial charge in [0.1, 0.15) is 12.4 Å². The molecule has 2 N–H and O–H groups in total. The molecule has 0 unspecified atom stereocenters. The fourth-order valence-electron chi connectivity index (χ4n) is 2.42. The smallest absolute Gasteiger partial charge is 0.221 e. The molecule has 0 aliphatic carbocycles. The Labute approximate surface area is 138 Å². The number of nitrogens with one attached hydrogen (secondary N) is 2. The number of hydrogen-bond donors (Lipinski definition) is 2. The van der Waals surface area contributed by atoms with Crippen molar-refractivity contribution in [3.63, 3.8) is 0 Å². The van der Waals surface area contributed by atoms with E-state index in [1.807, 2.05) is 31.3 Å². The van der Waals surface area contributed by atoms with Gasteiger partial charge in [-0.3, -0.25) is 9.69 Å². The molecule has 1 aliphatic heterocycles. The summed E-state index contributed by atoms with van der Waals surface area (Å²) < 4.78 is 11.2. The predicted molar refractivity (Wildman–Crippen MR) is 89.6 cm³/mol. The van der Waals surface area contributed by atoms with Gasteiger partial charge < -0.3 is 20.1 Å². The molecule has 1 aromatic carbocycles.